The van der Waals surface area contributed by atoms with Gasteiger partial charge >= 0.3 is 0 Å². The van der Waals surface area contributed by atoms with Gasteiger partial charge in [0.25, 0.3) is 0 Å². The number of hydrogen-bond acceptors (Lipinski definition) is 3. The van der Waals surface area contributed by atoms with Gasteiger partial charge in [-0.15, -0.1) is 0 Å². The van der Waals surface area contributed by atoms with Crippen LogP contribution in [0.15, 0.2) is 30.3 Å². The van der Waals surface area contributed by atoms with Gasteiger partial charge in [0, 0.05) is 13.2 Å². The summed E-state index contributed by atoms with van der Waals surface area (Å²) in [6.07, 6.45) is 0.537. The van der Waals surface area contributed by atoms with Gasteiger partial charge < -0.3 is 15.2 Å². The quantitative estimate of drug-likeness (QED) is 0.807. The molecule has 2 N–H and O–H groups in total. The molecule has 0 saturated carbocycles. The molecule has 3 heteroatoms. The second-order valence-corrected chi connectivity index (χ2v) is 4.19. The van der Waals surface area contributed by atoms with Crippen molar-refractivity contribution in [1.29, 1.82) is 0 Å². The summed E-state index contributed by atoms with van der Waals surface area (Å²) in [4.78, 5) is 0. The summed E-state index contributed by atoms with van der Waals surface area (Å²) in [6, 6.07) is 9.81. The molecule has 0 unspecified atom stereocenters. The van der Waals surface area contributed by atoms with E-state index in [0.29, 0.717) is 19.6 Å². The molecule has 1 aromatic carbocycles. The van der Waals surface area contributed by atoms with Gasteiger partial charge in [0.1, 0.15) is 11.7 Å². The van der Waals surface area contributed by atoms with Crippen molar-refractivity contribution in [1.82, 2.24) is 5.32 Å². The van der Waals surface area contributed by atoms with Crippen molar-refractivity contribution in [2.75, 3.05) is 19.7 Å². The molecule has 1 aromatic rings. The molecular formula is C13H19NO2. The first-order valence-corrected chi connectivity index (χ1v) is 5.87. The minimum Gasteiger partial charge on any atom is -0.382 e. The Bertz CT molecular complexity index is 326. The van der Waals surface area contributed by atoms with E-state index >= 15 is 0 Å². The van der Waals surface area contributed by atoms with Crippen molar-refractivity contribution < 1.29 is 9.84 Å². The highest BCUT2D eigenvalue weighted by Crippen LogP contribution is 2.32. The van der Waals surface area contributed by atoms with Crippen LogP contribution in [0.5, 0.6) is 0 Å². The molecule has 0 aromatic heterocycles. The van der Waals surface area contributed by atoms with E-state index in [1.165, 1.54) is 0 Å². The standard InChI is InChI=1S/C13H19NO2/c1-2-16-12-10-14-9-8-13(12,15)11-6-4-3-5-7-11/h3-7,12,14-15H,2,8-10H2,1H3/t12-,13-/m1/s1. The van der Waals surface area contributed by atoms with Crippen LogP contribution < -0.4 is 5.32 Å². The van der Waals surface area contributed by atoms with Crippen molar-refractivity contribution in [3.8, 4) is 0 Å². The summed E-state index contributed by atoms with van der Waals surface area (Å²) in [5, 5.41) is 14.0. The van der Waals surface area contributed by atoms with Crippen molar-refractivity contribution in [2.24, 2.45) is 0 Å². The molecule has 0 bridgehead atoms. The van der Waals surface area contributed by atoms with E-state index in [1.807, 2.05) is 37.3 Å². The first kappa shape index (κ1) is 11.6. The summed E-state index contributed by atoms with van der Waals surface area (Å²) in [5.41, 5.74) is 0.109. The monoisotopic (exact) mass is 221 g/mol. The second-order valence-electron chi connectivity index (χ2n) is 4.19. The van der Waals surface area contributed by atoms with E-state index in [1.54, 1.807) is 0 Å². The van der Waals surface area contributed by atoms with Crippen molar-refractivity contribution >= 4 is 0 Å². The van der Waals surface area contributed by atoms with Crippen molar-refractivity contribution in [3.63, 3.8) is 0 Å². The number of hydrogen-bond donors (Lipinski definition) is 2. The Labute approximate surface area is 96.4 Å². The van der Waals surface area contributed by atoms with Crippen molar-refractivity contribution in [3.05, 3.63) is 35.9 Å². The Morgan fingerprint density at radius 1 is 1.44 bits per heavy atom. The highest BCUT2D eigenvalue weighted by molar-refractivity contribution is 5.24. The average molecular weight is 221 g/mol. The van der Waals surface area contributed by atoms with Gasteiger partial charge in [-0.2, -0.15) is 0 Å². The van der Waals surface area contributed by atoms with Gasteiger partial charge in [0.2, 0.25) is 0 Å². The van der Waals surface area contributed by atoms with E-state index in [-0.39, 0.29) is 6.10 Å². The molecule has 0 radical (unpaired) electrons. The van der Waals surface area contributed by atoms with Crippen LogP contribution in [0.1, 0.15) is 18.9 Å². The van der Waals surface area contributed by atoms with E-state index in [2.05, 4.69) is 5.32 Å². The SMILES string of the molecule is CCO[C@@H]1CNCC[C@@]1(O)c1ccccc1. The summed E-state index contributed by atoms with van der Waals surface area (Å²) in [6.45, 7) is 4.12. The van der Waals surface area contributed by atoms with Crippen LogP contribution in [0.3, 0.4) is 0 Å². The molecule has 2 rings (SSSR count). The smallest absolute Gasteiger partial charge is 0.118 e. The zero-order valence-corrected chi connectivity index (χ0v) is 9.65. The lowest BCUT2D eigenvalue weighted by atomic mass is 9.83. The highest BCUT2D eigenvalue weighted by Gasteiger charge is 2.40. The van der Waals surface area contributed by atoms with Crippen LogP contribution in [-0.4, -0.2) is 30.9 Å². The number of benzene rings is 1. The third kappa shape index (κ3) is 2.12. The maximum atomic E-state index is 10.8. The molecule has 1 aliphatic rings. The maximum absolute atomic E-state index is 10.8. The molecule has 0 amide bonds. The Morgan fingerprint density at radius 2 is 2.19 bits per heavy atom. The van der Waals surface area contributed by atoms with Gasteiger partial charge in [0.15, 0.2) is 0 Å². The van der Waals surface area contributed by atoms with Gasteiger partial charge in [-0.3, -0.25) is 0 Å². The third-order valence-corrected chi connectivity index (χ3v) is 3.19. The van der Waals surface area contributed by atoms with Crippen LogP contribution in [0.25, 0.3) is 0 Å². The largest absolute Gasteiger partial charge is 0.382 e. The third-order valence-electron chi connectivity index (χ3n) is 3.19. The second kappa shape index (κ2) is 4.95. The fraction of sp³-hybridized carbons (Fsp3) is 0.538. The zero-order chi connectivity index (χ0) is 11.4. The molecule has 2 atom stereocenters. The van der Waals surface area contributed by atoms with Crippen LogP contribution >= 0.6 is 0 Å². The Kier molecular flexibility index (Phi) is 3.59. The molecule has 88 valence electrons. The molecule has 1 fully saturated rings. The summed E-state index contributed by atoms with van der Waals surface area (Å²) < 4.78 is 5.64. The van der Waals surface area contributed by atoms with E-state index in [0.717, 1.165) is 12.1 Å². The fourth-order valence-electron chi connectivity index (χ4n) is 2.30. The minimum atomic E-state index is -0.845. The molecular weight excluding hydrogens is 202 g/mol. The molecule has 1 heterocycles. The predicted octanol–water partition coefficient (Wildman–Crippen LogP) is 1.27. The lowest BCUT2D eigenvalue weighted by molar-refractivity contribution is -0.126. The first-order chi connectivity index (χ1) is 7.77. The van der Waals surface area contributed by atoms with Crippen LogP contribution in [-0.2, 0) is 10.3 Å². The van der Waals surface area contributed by atoms with Crippen LogP contribution in [0.2, 0.25) is 0 Å². The van der Waals surface area contributed by atoms with Gasteiger partial charge in [-0.25, -0.2) is 0 Å². The van der Waals surface area contributed by atoms with Crippen LogP contribution in [0, 0.1) is 0 Å². The molecule has 16 heavy (non-hydrogen) atoms. The lowest BCUT2D eigenvalue weighted by Gasteiger charge is -2.40. The van der Waals surface area contributed by atoms with Gasteiger partial charge in [-0.05, 0) is 25.5 Å². The first-order valence-electron chi connectivity index (χ1n) is 5.87. The number of aliphatic hydroxyl groups is 1. The number of rotatable bonds is 3. The molecule has 0 aliphatic carbocycles. The topological polar surface area (TPSA) is 41.5 Å². The summed E-state index contributed by atoms with van der Waals surface area (Å²) in [7, 11) is 0. The highest BCUT2D eigenvalue weighted by atomic mass is 16.5. The lowest BCUT2D eigenvalue weighted by Crippen LogP contribution is -2.53. The van der Waals surface area contributed by atoms with Gasteiger partial charge in [0.05, 0.1) is 0 Å². The van der Waals surface area contributed by atoms with E-state index in [9.17, 15) is 5.11 Å². The Hall–Kier alpha value is -0.900. The maximum Gasteiger partial charge on any atom is 0.118 e. The number of piperidine rings is 1. The fourth-order valence-corrected chi connectivity index (χ4v) is 2.30. The van der Waals surface area contributed by atoms with E-state index < -0.39 is 5.60 Å². The summed E-state index contributed by atoms with van der Waals surface area (Å²) in [5.74, 6) is 0. The molecule has 1 aliphatic heterocycles. The van der Waals surface area contributed by atoms with E-state index in [4.69, 9.17) is 4.74 Å². The molecule has 0 spiro atoms. The Morgan fingerprint density at radius 3 is 2.88 bits per heavy atom. The van der Waals surface area contributed by atoms with Crippen molar-refractivity contribution in [2.45, 2.75) is 25.0 Å². The molecule has 3 nitrogen and oxygen atoms in total. The number of ether oxygens (including phenoxy) is 1. The molecule has 1 saturated heterocycles. The predicted molar refractivity (Wildman–Crippen MR) is 63.2 cm³/mol. The normalized spacial score (nSPS) is 30.2. The average Bonchev–Trinajstić information content (AvgIpc) is 2.34. The van der Waals surface area contributed by atoms with Gasteiger partial charge in [-0.1, -0.05) is 30.3 Å². The Balaban J connectivity index is 2.26. The number of nitrogens with one attached hydrogen (secondary N) is 1. The minimum absolute atomic E-state index is 0.159. The summed E-state index contributed by atoms with van der Waals surface area (Å²) >= 11 is 0. The zero-order valence-electron chi connectivity index (χ0n) is 9.65. The van der Waals surface area contributed by atoms with Crippen LogP contribution in [0.4, 0.5) is 0 Å².